The number of fused-ring (bicyclic) bond motifs is 1. The summed E-state index contributed by atoms with van der Waals surface area (Å²) in [5.41, 5.74) is 0. The molecule has 0 unspecified atom stereocenters. The van der Waals surface area contributed by atoms with Gasteiger partial charge in [0.05, 0.1) is 0 Å². The SMILES string of the molecule is O=P(Oc1ccccc1)(Oc1ccccc1)Oc1ccc2ccccc2c1. The predicted molar refractivity (Wildman–Crippen MR) is 106 cm³/mol. The summed E-state index contributed by atoms with van der Waals surface area (Å²) in [7, 11) is -3.96. The molecule has 0 heterocycles. The summed E-state index contributed by atoms with van der Waals surface area (Å²) in [5.74, 6) is 1.21. The smallest absolute Gasteiger partial charge is 0.386 e. The van der Waals surface area contributed by atoms with Crippen LogP contribution in [0.5, 0.6) is 17.2 Å². The van der Waals surface area contributed by atoms with Gasteiger partial charge in [-0.1, -0.05) is 66.7 Å². The second-order valence-corrected chi connectivity index (χ2v) is 7.30. The van der Waals surface area contributed by atoms with Crippen LogP contribution in [0.15, 0.2) is 103 Å². The van der Waals surface area contributed by atoms with Crippen LogP contribution in [0.3, 0.4) is 0 Å². The van der Waals surface area contributed by atoms with Crippen LogP contribution in [0.25, 0.3) is 10.8 Å². The molecule has 4 nitrogen and oxygen atoms in total. The normalized spacial score (nSPS) is 11.1. The van der Waals surface area contributed by atoms with Crippen molar-refractivity contribution in [1.82, 2.24) is 0 Å². The molecule has 0 fully saturated rings. The minimum atomic E-state index is -3.96. The van der Waals surface area contributed by atoms with E-state index >= 15 is 0 Å². The highest BCUT2D eigenvalue weighted by atomic mass is 31.2. The molecule has 134 valence electrons. The van der Waals surface area contributed by atoms with Crippen molar-refractivity contribution in [2.75, 3.05) is 0 Å². The van der Waals surface area contributed by atoms with Crippen molar-refractivity contribution in [3.8, 4) is 17.2 Å². The average Bonchev–Trinajstić information content (AvgIpc) is 2.69. The molecular formula is C22H17O4P. The summed E-state index contributed by atoms with van der Waals surface area (Å²) in [5, 5.41) is 2.04. The molecule has 0 aromatic heterocycles. The summed E-state index contributed by atoms with van der Waals surface area (Å²) in [6.07, 6.45) is 0. The third-order valence-corrected chi connectivity index (χ3v) is 5.16. The highest BCUT2D eigenvalue weighted by molar-refractivity contribution is 7.49. The van der Waals surface area contributed by atoms with E-state index in [4.69, 9.17) is 13.6 Å². The van der Waals surface area contributed by atoms with Gasteiger partial charge < -0.3 is 13.6 Å². The number of para-hydroxylation sites is 2. The zero-order valence-electron chi connectivity index (χ0n) is 14.4. The van der Waals surface area contributed by atoms with E-state index < -0.39 is 7.82 Å². The Labute approximate surface area is 157 Å². The number of phosphoric ester groups is 1. The van der Waals surface area contributed by atoms with Crippen molar-refractivity contribution < 1.29 is 18.1 Å². The van der Waals surface area contributed by atoms with E-state index in [-0.39, 0.29) is 0 Å². The van der Waals surface area contributed by atoms with Gasteiger partial charge in [0.25, 0.3) is 0 Å². The Morgan fingerprint density at radius 1 is 0.481 bits per heavy atom. The fourth-order valence-electron chi connectivity index (χ4n) is 2.63. The second kappa shape index (κ2) is 7.56. The van der Waals surface area contributed by atoms with E-state index in [2.05, 4.69) is 0 Å². The molecule has 4 aromatic carbocycles. The molecule has 5 heteroatoms. The molecule has 27 heavy (non-hydrogen) atoms. The van der Waals surface area contributed by atoms with Crippen LogP contribution in [-0.4, -0.2) is 0 Å². The Hall–Kier alpha value is -3.23. The maximum atomic E-state index is 13.4. The van der Waals surface area contributed by atoms with Crippen LogP contribution < -0.4 is 13.6 Å². The van der Waals surface area contributed by atoms with Crippen molar-refractivity contribution in [3.05, 3.63) is 103 Å². The Morgan fingerprint density at radius 2 is 0.963 bits per heavy atom. The summed E-state index contributed by atoms with van der Waals surface area (Å²) < 4.78 is 30.4. The monoisotopic (exact) mass is 376 g/mol. The lowest BCUT2D eigenvalue weighted by Crippen LogP contribution is -2.07. The largest absolute Gasteiger partial charge is 0.647 e. The topological polar surface area (TPSA) is 44.8 Å². The molecule has 4 aromatic rings. The van der Waals surface area contributed by atoms with Crippen molar-refractivity contribution in [1.29, 1.82) is 0 Å². The molecule has 0 aliphatic rings. The van der Waals surface area contributed by atoms with E-state index in [0.717, 1.165) is 10.8 Å². The van der Waals surface area contributed by atoms with E-state index in [1.165, 1.54) is 0 Å². The first-order valence-electron chi connectivity index (χ1n) is 8.48. The molecule has 0 bridgehead atoms. The molecule has 0 amide bonds. The molecule has 0 spiro atoms. The second-order valence-electron chi connectivity index (χ2n) is 5.86. The number of rotatable bonds is 6. The first-order valence-corrected chi connectivity index (χ1v) is 9.94. The quantitative estimate of drug-likeness (QED) is 0.361. The van der Waals surface area contributed by atoms with Gasteiger partial charge in [0.2, 0.25) is 0 Å². The Morgan fingerprint density at radius 3 is 1.56 bits per heavy atom. The van der Waals surface area contributed by atoms with Gasteiger partial charge in [0.15, 0.2) is 0 Å². The molecule has 0 atom stereocenters. The Bertz CT molecular complexity index is 1040. The zero-order valence-corrected chi connectivity index (χ0v) is 15.3. The zero-order chi connectivity index (χ0) is 18.5. The lowest BCUT2D eigenvalue weighted by atomic mass is 10.1. The average molecular weight is 376 g/mol. The minimum Gasteiger partial charge on any atom is -0.386 e. The van der Waals surface area contributed by atoms with Crippen LogP contribution in [-0.2, 0) is 4.57 Å². The van der Waals surface area contributed by atoms with Crippen LogP contribution in [0.2, 0.25) is 0 Å². The number of hydrogen-bond donors (Lipinski definition) is 0. The molecule has 0 aliphatic carbocycles. The number of phosphoric acid groups is 1. The molecule has 0 radical (unpaired) electrons. The van der Waals surface area contributed by atoms with Crippen molar-refractivity contribution in [3.63, 3.8) is 0 Å². The lowest BCUT2D eigenvalue weighted by molar-refractivity contribution is 0.298. The maximum absolute atomic E-state index is 13.4. The fourth-order valence-corrected chi connectivity index (χ4v) is 3.87. The predicted octanol–water partition coefficient (Wildman–Crippen LogP) is 6.48. The van der Waals surface area contributed by atoms with Gasteiger partial charge in [-0.2, -0.15) is 4.57 Å². The van der Waals surface area contributed by atoms with E-state index in [0.29, 0.717) is 17.2 Å². The van der Waals surface area contributed by atoms with E-state index in [1.54, 1.807) is 54.6 Å². The van der Waals surface area contributed by atoms with E-state index in [1.807, 2.05) is 48.5 Å². The molecule has 0 aliphatic heterocycles. The molecule has 4 rings (SSSR count). The van der Waals surface area contributed by atoms with Crippen LogP contribution in [0.4, 0.5) is 0 Å². The third-order valence-electron chi connectivity index (χ3n) is 3.86. The summed E-state index contributed by atoms with van der Waals surface area (Å²) >= 11 is 0. The Balaban J connectivity index is 1.66. The van der Waals surface area contributed by atoms with Crippen LogP contribution in [0.1, 0.15) is 0 Å². The van der Waals surface area contributed by atoms with E-state index in [9.17, 15) is 4.57 Å². The van der Waals surface area contributed by atoms with Gasteiger partial charge in [0, 0.05) is 0 Å². The Kier molecular flexibility index (Phi) is 4.82. The number of benzene rings is 4. The summed E-state index contributed by atoms with van der Waals surface area (Å²) in [6.45, 7) is 0. The van der Waals surface area contributed by atoms with Crippen molar-refractivity contribution >= 4 is 18.6 Å². The van der Waals surface area contributed by atoms with Crippen LogP contribution >= 0.6 is 7.82 Å². The van der Waals surface area contributed by atoms with Gasteiger partial charge in [-0.05, 0) is 47.2 Å². The van der Waals surface area contributed by atoms with Crippen molar-refractivity contribution in [2.24, 2.45) is 0 Å². The lowest BCUT2D eigenvalue weighted by Gasteiger charge is -2.19. The highest BCUT2D eigenvalue weighted by Crippen LogP contribution is 2.49. The fraction of sp³-hybridized carbons (Fsp3) is 0. The highest BCUT2D eigenvalue weighted by Gasteiger charge is 2.33. The first kappa shape index (κ1) is 17.2. The maximum Gasteiger partial charge on any atom is 0.647 e. The molecular weight excluding hydrogens is 359 g/mol. The first-order chi connectivity index (χ1) is 13.2. The molecule has 0 N–H and O–H groups in total. The summed E-state index contributed by atoms with van der Waals surface area (Å²) in [6, 6.07) is 31.0. The standard InChI is InChI=1S/C22H17O4P/c23-27(24-20-11-3-1-4-12-20,25-21-13-5-2-6-14-21)26-22-16-15-18-9-7-8-10-19(18)17-22/h1-17H. The van der Waals surface area contributed by atoms with Gasteiger partial charge in [-0.25, -0.2) is 0 Å². The van der Waals surface area contributed by atoms with Gasteiger partial charge in [0.1, 0.15) is 17.2 Å². The van der Waals surface area contributed by atoms with Gasteiger partial charge in [-0.3, -0.25) is 0 Å². The minimum absolute atomic E-state index is 0.401. The molecule has 0 saturated carbocycles. The van der Waals surface area contributed by atoms with Crippen LogP contribution in [0, 0.1) is 0 Å². The van der Waals surface area contributed by atoms with Gasteiger partial charge >= 0.3 is 7.82 Å². The molecule has 0 saturated heterocycles. The van der Waals surface area contributed by atoms with Crippen molar-refractivity contribution in [2.45, 2.75) is 0 Å². The number of hydrogen-bond acceptors (Lipinski definition) is 4. The van der Waals surface area contributed by atoms with Gasteiger partial charge in [-0.15, -0.1) is 0 Å². The summed E-state index contributed by atoms with van der Waals surface area (Å²) in [4.78, 5) is 0. The third kappa shape index (κ3) is 4.30.